The van der Waals surface area contributed by atoms with Gasteiger partial charge in [0.25, 0.3) is 0 Å². The Labute approximate surface area is 123 Å². The van der Waals surface area contributed by atoms with Crippen LogP contribution in [0.5, 0.6) is 0 Å². The molecule has 1 aromatic carbocycles. The molecule has 1 fully saturated rings. The van der Waals surface area contributed by atoms with Crippen molar-refractivity contribution in [2.24, 2.45) is 11.8 Å². The molecule has 1 aromatic rings. The zero-order valence-corrected chi connectivity index (χ0v) is 12.1. The Morgan fingerprint density at radius 1 is 1.25 bits per heavy atom. The number of rotatable bonds is 3. The van der Waals surface area contributed by atoms with E-state index >= 15 is 0 Å². The SMILES string of the molecule is Cc1ccc(Cl)cc1NC(=O)[C@@H]1CCCC[C@@H]1C(=O)O. The van der Waals surface area contributed by atoms with Crippen molar-refractivity contribution in [1.29, 1.82) is 0 Å². The van der Waals surface area contributed by atoms with E-state index in [9.17, 15) is 14.7 Å². The van der Waals surface area contributed by atoms with Crippen LogP contribution in [-0.2, 0) is 9.59 Å². The first-order valence-corrected chi connectivity index (χ1v) is 7.16. The van der Waals surface area contributed by atoms with Crippen LogP contribution in [0.15, 0.2) is 18.2 Å². The molecule has 1 aliphatic carbocycles. The average Bonchev–Trinajstić information content (AvgIpc) is 2.42. The van der Waals surface area contributed by atoms with Gasteiger partial charge in [-0.25, -0.2) is 0 Å². The van der Waals surface area contributed by atoms with Crippen molar-refractivity contribution < 1.29 is 14.7 Å². The number of anilines is 1. The minimum absolute atomic E-state index is 0.220. The van der Waals surface area contributed by atoms with Crippen LogP contribution >= 0.6 is 11.6 Å². The molecular weight excluding hydrogens is 278 g/mol. The number of carbonyl (C=O) groups is 2. The van der Waals surface area contributed by atoms with Gasteiger partial charge in [0.05, 0.1) is 11.8 Å². The average molecular weight is 296 g/mol. The predicted molar refractivity (Wildman–Crippen MR) is 77.9 cm³/mol. The summed E-state index contributed by atoms with van der Waals surface area (Å²) in [6, 6.07) is 5.27. The maximum Gasteiger partial charge on any atom is 0.307 e. The number of aryl methyl sites for hydroxylation is 1. The lowest BCUT2D eigenvalue weighted by atomic mass is 9.78. The fraction of sp³-hybridized carbons (Fsp3) is 0.467. The number of hydrogen-bond acceptors (Lipinski definition) is 2. The van der Waals surface area contributed by atoms with Gasteiger partial charge in [-0.05, 0) is 37.5 Å². The van der Waals surface area contributed by atoms with Crippen molar-refractivity contribution in [1.82, 2.24) is 0 Å². The van der Waals surface area contributed by atoms with Gasteiger partial charge in [0.15, 0.2) is 0 Å². The number of benzene rings is 1. The van der Waals surface area contributed by atoms with Crippen molar-refractivity contribution in [3.05, 3.63) is 28.8 Å². The molecule has 0 aliphatic heterocycles. The second kappa shape index (κ2) is 6.27. The Bertz CT molecular complexity index is 530. The van der Waals surface area contributed by atoms with Crippen LogP contribution in [0, 0.1) is 18.8 Å². The first-order valence-electron chi connectivity index (χ1n) is 6.79. The number of carboxylic acids is 1. The summed E-state index contributed by atoms with van der Waals surface area (Å²) in [6.45, 7) is 1.88. The van der Waals surface area contributed by atoms with Gasteiger partial charge < -0.3 is 10.4 Å². The first kappa shape index (κ1) is 14.9. The van der Waals surface area contributed by atoms with Crippen LogP contribution in [0.25, 0.3) is 0 Å². The summed E-state index contributed by atoms with van der Waals surface area (Å²) in [5.41, 5.74) is 1.56. The molecule has 0 bridgehead atoms. The van der Waals surface area contributed by atoms with Crippen molar-refractivity contribution >= 4 is 29.2 Å². The number of hydrogen-bond donors (Lipinski definition) is 2. The molecule has 1 aliphatic rings. The van der Waals surface area contributed by atoms with Crippen molar-refractivity contribution in [2.45, 2.75) is 32.6 Å². The van der Waals surface area contributed by atoms with E-state index in [2.05, 4.69) is 5.32 Å². The zero-order chi connectivity index (χ0) is 14.7. The summed E-state index contributed by atoms with van der Waals surface area (Å²) in [4.78, 5) is 23.6. The summed E-state index contributed by atoms with van der Waals surface area (Å²) in [5, 5.41) is 12.6. The van der Waals surface area contributed by atoms with Gasteiger partial charge in [-0.2, -0.15) is 0 Å². The summed E-state index contributed by atoms with van der Waals surface area (Å²) < 4.78 is 0. The minimum Gasteiger partial charge on any atom is -0.481 e. The normalized spacial score (nSPS) is 22.3. The molecule has 2 atom stereocenters. The Kier molecular flexibility index (Phi) is 4.65. The Hall–Kier alpha value is -1.55. The van der Waals surface area contributed by atoms with Crippen LogP contribution in [0.2, 0.25) is 5.02 Å². The van der Waals surface area contributed by atoms with E-state index in [0.717, 1.165) is 18.4 Å². The summed E-state index contributed by atoms with van der Waals surface area (Å²) in [7, 11) is 0. The third-order valence-corrected chi connectivity index (χ3v) is 4.11. The number of aliphatic carboxylic acids is 1. The third-order valence-electron chi connectivity index (χ3n) is 3.88. The number of amides is 1. The van der Waals surface area contributed by atoms with Gasteiger partial charge in [-0.15, -0.1) is 0 Å². The zero-order valence-electron chi connectivity index (χ0n) is 11.4. The number of halogens is 1. The Morgan fingerprint density at radius 3 is 2.55 bits per heavy atom. The van der Waals surface area contributed by atoms with Gasteiger partial charge in [0.1, 0.15) is 0 Å². The van der Waals surface area contributed by atoms with E-state index < -0.39 is 17.8 Å². The molecule has 2 N–H and O–H groups in total. The highest BCUT2D eigenvalue weighted by Gasteiger charge is 2.35. The van der Waals surface area contributed by atoms with Crippen molar-refractivity contribution in [3.63, 3.8) is 0 Å². The van der Waals surface area contributed by atoms with Crippen molar-refractivity contribution in [3.8, 4) is 0 Å². The van der Waals surface area contributed by atoms with Crippen LogP contribution in [-0.4, -0.2) is 17.0 Å². The molecule has 0 saturated heterocycles. The van der Waals surface area contributed by atoms with Crippen LogP contribution in [0.1, 0.15) is 31.2 Å². The molecule has 0 unspecified atom stereocenters. The van der Waals surface area contributed by atoms with Gasteiger partial charge in [-0.1, -0.05) is 30.5 Å². The number of carboxylic acid groups (broad SMARTS) is 1. The second-order valence-corrected chi connectivity index (χ2v) is 5.72. The Balaban J connectivity index is 2.14. The van der Waals surface area contributed by atoms with E-state index in [1.54, 1.807) is 12.1 Å². The van der Waals surface area contributed by atoms with E-state index in [-0.39, 0.29) is 5.91 Å². The van der Waals surface area contributed by atoms with Gasteiger partial charge in [-0.3, -0.25) is 9.59 Å². The molecule has 20 heavy (non-hydrogen) atoms. The smallest absolute Gasteiger partial charge is 0.307 e. The van der Waals surface area contributed by atoms with E-state index in [1.807, 2.05) is 13.0 Å². The summed E-state index contributed by atoms with van der Waals surface area (Å²) in [6.07, 6.45) is 2.97. The lowest BCUT2D eigenvalue weighted by molar-refractivity contribution is -0.147. The molecule has 2 rings (SSSR count). The summed E-state index contributed by atoms with van der Waals surface area (Å²) >= 11 is 5.92. The lowest BCUT2D eigenvalue weighted by Crippen LogP contribution is -2.36. The molecule has 108 valence electrons. The quantitative estimate of drug-likeness (QED) is 0.897. The predicted octanol–water partition coefficient (Wildman–Crippen LogP) is 3.48. The molecule has 0 spiro atoms. The van der Waals surface area contributed by atoms with E-state index in [0.29, 0.717) is 23.6 Å². The highest BCUT2D eigenvalue weighted by molar-refractivity contribution is 6.31. The van der Waals surface area contributed by atoms with Crippen LogP contribution < -0.4 is 5.32 Å². The monoisotopic (exact) mass is 295 g/mol. The highest BCUT2D eigenvalue weighted by atomic mass is 35.5. The molecule has 0 heterocycles. The fourth-order valence-corrected chi connectivity index (χ4v) is 2.87. The first-order chi connectivity index (χ1) is 9.49. The van der Waals surface area contributed by atoms with Gasteiger partial charge in [0.2, 0.25) is 5.91 Å². The minimum atomic E-state index is -0.882. The van der Waals surface area contributed by atoms with E-state index in [4.69, 9.17) is 11.6 Å². The number of carbonyl (C=O) groups excluding carboxylic acids is 1. The second-order valence-electron chi connectivity index (χ2n) is 5.28. The maximum atomic E-state index is 12.3. The molecule has 1 amide bonds. The molecule has 5 heteroatoms. The molecule has 1 saturated carbocycles. The maximum absolute atomic E-state index is 12.3. The van der Waals surface area contributed by atoms with Crippen molar-refractivity contribution in [2.75, 3.05) is 5.32 Å². The summed E-state index contributed by atoms with van der Waals surface area (Å²) in [5.74, 6) is -2.14. The Morgan fingerprint density at radius 2 is 1.90 bits per heavy atom. The topological polar surface area (TPSA) is 66.4 Å². The van der Waals surface area contributed by atoms with Crippen LogP contribution in [0.4, 0.5) is 5.69 Å². The number of nitrogens with one attached hydrogen (secondary N) is 1. The standard InChI is InChI=1S/C15H18ClNO3/c1-9-6-7-10(16)8-13(9)17-14(18)11-4-2-3-5-12(11)15(19)20/h6-8,11-12H,2-5H2,1H3,(H,17,18)(H,19,20)/t11-,12+/m1/s1. The van der Waals surface area contributed by atoms with Gasteiger partial charge in [0, 0.05) is 10.7 Å². The van der Waals surface area contributed by atoms with Crippen LogP contribution in [0.3, 0.4) is 0 Å². The lowest BCUT2D eigenvalue weighted by Gasteiger charge is -2.27. The molecule has 0 aromatic heterocycles. The largest absolute Gasteiger partial charge is 0.481 e. The third kappa shape index (κ3) is 3.31. The van der Waals surface area contributed by atoms with E-state index in [1.165, 1.54) is 0 Å². The molecule has 4 nitrogen and oxygen atoms in total. The fourth-order valence-electron chi connectivity index (χ4n) is 2.69. The highest BCUT2D eigenvalue weighted by Crippen LogP contribution is 2.32. The molecular formula is C15H18ClNO3. The van der Waals surface area contributed by atoms with Gasteiger partial charge >= 0.3 is 5.97 Å². The molecule has 0 radical (unpaired) electrons.